The van der Waals surface area contributed by atoms with Gasteiger partial charge in [0.15, 0.2) is 5.78 Å². The summed E-state index contributed by atoms with van der Waals surface area (Å²) in [5.41, 5.74) is 0. The summed E-state index contributed by atoms with van der Waals surface area (Å²) < 4.78 is 4.49. The molecular formula is C8H17NO3. The lowest BCUT2D eigenvalue weighted by molar-refractivity contribution is -0.146. The molecular weight excluding hydrogens is 158 g/mol. The Balaban J connectivity index is 0. The van der Waals surface area contributed by atoms with Crippen molar-refractivity contribution in [3.63, 3.8) is 0 Å². The summed E-state index contributed by atoms with van der Waals surface area (Å²) in [4.78, 5) is 20.8. The number of carbonyl (C=O) groups is 2. The van der Waals surface area contributed by atoms with Crippen LogP contribution in [0.25, 0.3) is 0 Å². The molecule has 0 heterocycles. The molecule has 12 heavy (non-hydrogen) atoms. The summed E-state index contributed by atoms with van der Waals surface area (Å²) in [5, 5.41) is 2.61. The standard InChI is InChI=1S/C6H11NO3.C2H6/c1-5(8)4-10-6(9)3-7-2;1-2/h7H,3-4H2,1-2H3;1-2H3. The van der Waals surface area contributed by atoms with E-state index in [-0.39, 0.29) is 18.9 Å². The predicted octanol–water partition coefficient (Wildman–Crippen LogP) is 0.364. The zero-order chi connectivity index (χ0) is 9.98. The summed E-state index contributed by atoms with van der Waals surface area (Å²) in [6.07, 6.45) is 0. The van der Waals surface area contributed by atoms with E-state index in [1.807, 2.05) is 13.8 Å². The number of hydrogen-bond acceptors (Lipinski definition) is 4. The summed E-state index contributed by atoms with van der Waals surface area (Å²) in [5.74, 6) is -0.554. The first-order valence-electron chi connectivity index (χ1n) is 3.96. The maximum absolute atomic E-state index is 10.5. The van der Waals surface area contributed by atoms with Crippen LogP contribution in [-0.2, 0) is 14.3 Å². The normalized spacial score (nSPS) is 8.00. The van der Waals surface area contributed by atoms with Crippen molar-refractivity contribution in [2.45, 2.75) is 20.8 Å². The third-order valence-electron chi connectivity index (χ3n) is 0.758. The van der Waals surface area contributed by atoms with Gasteiger partial charge in [-0.2, -0.15) is 0 Å². The molecule has 0 amide bonds. The second-order valence-electron chi connectivity index (χ2n) is 1.89. The van der Waals surface area contributed by atoms with E-state index < -0.39 is 5.97 Å². The van der Waals surface area contributed by atoms with Crippen LogP contribution in [0.4, 0.5) is 0 Å². The van der Waals surface area contributed by atoms with Gasteiger partial charge in [-0.1, -0.05) is 13.8 Å². The van der Waals surface area contributed by atoms with Crippen molar-refractivity contribution in [3.05, 3.63) is 0 Å². The zero-order valence-corrected chi connectivity index (χ0v) is 8.14. The Morgan fingerprint density at radius 1 is 1.33 bits per heavy atom. The molecule has 0 spiro atoms. The molecule has 0 aromatic carbocycles. The molecule has 4 heteroatoms. The highest BCUT2D eigenvalue weighted by atomic mass is 16.5. The van der Waals surface area contributed by atoms with Crippen LogP contribution in [0.15, 0.2) is 0 Å². The first-order valence-corrected chi connectivity index (χ1v) is 3.96. The molecule has 0 bridgehead atoms. The van der Waals surface area contributed by atoms with E-state index in [0.717, 1.165) is 0 Å². The highest BCUT2D eigenvalue weighted by Crippen LogP contribution is 1.76. The van der Waals surface area contributed by atoms with Gasteiger partial charge in [-0.25, -0.2) is 0 Å². The number of ether oxygens (including phenoxy) is 1. The molecule has 0 aliphatic carbocycles. The van der Waals surface area contributed by atoms with Crippen LogP contribution in [0.3, 0.4) is 0 Å². The third-order valence-corrected chi connectivity index (χ3v) is 0.758. The van der Waals surface area contributed by atoms with Crippen molar-refractivity contribution in [3.8, 4) is 0 Å². The molecule has 0 aromatic heterocycles. The molecule has 0 aliphatic heterocycles. The number of carbonyl (C=O) groups excluding carboxylic acids is 2. The quantitative estimate of drug-likeness (QED) is 0.627. The molecule has 0 saturated carbocycles. The Hall–Kier alpha value is -0.900. The van der Waals surface area contributed by atoms with Gasteiger partial charge in [-0.05, 0) is 14.0 Å². The van der Waals surface area contributed by atoms with Crippen molar-refractivity contribution >= 4 is 11.8 Å². The van der Waals surface area contributed by atoms with Crippen molar-refractivity contribution < 1.29 is 14.3 Å². The highest BCUT2D eigenvalue weighted by Gasteiger charge is 2.00. The maximum Gasteiger partial charge on any atom is 0.320 e. The lowest BCUT2D eigenvalue weighted by atomic mass is 10.5. The van der Waals surface area contributed by atoms with E-state index in [0.29, 0.717) is 0 Å². The smallest absolute Gasteiger partial charge is 0.320 e. The van der Waals surface area contributed by atoms with E-state index in [9.17, 15) is 9.59 Å². The molecule has 0 fully saturated rings. The summed E-state index contributed by atoms with van der Waals surface area (Å²) >= 11 is 0. The van der Waals surface area contributed by atoms with E-state index in [4.69, 9.17) is 0 Å². The fraction of sp³-hybridized carbons (Fsp3) is 0.750. The van der Waals surface area contributed by atoms with Crippen LogP contribution < -0.4 is 5.32 Å². The van der Waals surface area contributed by atoms with Gasteiger partial charge in [0.05, 0.1) is 6.54 Å². The number of ketones is 1. The number of hydrogen-bond donors (Lipinski definition) is 1. The Morgan fingerprint density at radius 3 is 2.17 bits per heavy atom. The van der Waals surface area contributed by atoms with E-state index in [1.165, 1.54) is 6.92 Å². The second kappa shape index (κ2) is 10.1. The number of esters is 1. The van der Waals surface area contributed by atoms with Gasteiger partial charge in [-0.3, -0.25) is 9.59 Å². The van der Waals surface area contributed by atoms with E-state index in [1.54, 1.807) is 7.05 Å². The number of nitrogens with one attached hydrogen (secondary N) is 1. The Bertz CT molecular complexity index is 134. The maximum atomic E-state index is 10.5. The molecule has 72 valence electrons. The molecule has 0 saturated heterocycles. The average molecular weight is 175 g/mol. The first-order chi connectivity index (χ1) is 5.66. The van der Waals surface area contributed by atoms with Crippen LogP contribution in [0.1, 0.15) is 20.8 Å². The second-order valence-corrected chi connectivity index (χ2v) is 1.89. The van der Waals surface area contributed by atoms with Crippen molar-refractivity contribution in [2.75, 3.05) is 20.2 Å². The summed E-state index contributed by atoms with van der Waals surface area (Å²) in [6.45, 7) is 5.39. The Morgan fingerprint density at radius 2 is 1.83 bits per heavy atom. The van der Waals surface area contributed by atoms with E-state index in [2.05, 4.69) is 10.1 Å². The molecule has 0 rings (SSSR count). The minimum Gasteiger partial charge on any atom is -0.457 e. The lowest BCUT2D eigenvalue weighted by Gasteiger charge is -1.99. The molecule has 1 N–H and O–H groups in total. The van der Waals surface area contributed by atoms with Crippen LogP contribution in [0.2, 0.25) is 0 Å². The fourth-order valence-corrected chi connectivity index (χ4v) is 0.377. The van der Waals surface area contributed by atoms with Crippen molar-refractivity contribution in [1.29, 1.82) is 0 Å². The van der Waals surface area contributed by atoms with Crippen LogP contribution in [0, 0.1) is 0 Å². The number of rotatable bonds is 4. The molecule has 0 unspecified atom stereocenters. The average Bonchev–Trinajstić information content (AvgIpc) is 2.05. The van der Waals surface area contributed by atoms with Gasteiger partial charge in [0.1, 0.15) is 6.61 Å². The van der Waals surface area contributed by atoms with Crippen molar-refractivity contribution in [2.24, 2.45) is 0 Å². The lowest BCUT2D eigenvalue weighted by Crippen LogP contribution is -2.22. The Labute approximate surface area is 73.3 Å². The largest absolute Gasteiger partial charge is 0.457 e. The summed E-state index contributed by atoms with van der Waals surface area (Å²) in [6, 6.07) is 0. The SMILES string of the molecule is CC.CNCC(=O)OCC(C)=O. The van der Waals surface area contributed by atoms with Gasteiger partial charge in [-0.15, -0.1) is 0 Å². The zero-order valence-electron chi connectivity index (χ0n) is 8.14. The minimum absolute atomic E-state index is 0.124. The van der Waals surface area contributed by atoms with Gasteiger partial charge >= 0.3 is 5.97 Å². The highest BCUT2D eigenvalue weighted by molar-refractivity contribution is 5.80. The molecule has 0 atom stereocenters. The van der Waals surface area contributed by atoms with Crippen LogP contribution in [0.5, 0.6) is 0 Å². The third kappa shape index (κ3) is 11.8. The molecule has 0 radical (unpaired) electrons. The molecule has 4 nitrogen and oxygen atoms in total. The van der Waals surface area contributed by atoms with Gasteiger partial charge < -0.3 is 10.1 Å². The summed E-state index contributed by atoms with van der Waals surface area (Å²) in [7, 11) is 1.63. The number of likely N-dealkylation sites (N-methyl/N-ethyl adjacent to an activating group) is 1. The monoisotopic (exact) mass is 175 g/mol. The van der Waals surface area contributed by atoms with Crippen molar-refractivity contribution in [1.82, 2.24) is 5.32 Å². The topological polar surface area (TPSA) is 55.4 Å². The van der Waals surface area contributed by atoms with Crippen LogP contribution >= 0.6 is 0 Å². The van der Waals surface area contributed by atoms with Gasteiger partial charge in [0.2, 0.25) is 0 Å². The predicted molar refractivity (Wildman–Crippen MR) is 46.9 cm³/mol. The van der Waals surface area contributed by atoms with Gasteiger partial charge in [0, 0.05) is 0 Å². The molecule has 0 aliphatic rings. The van der Waals surface area contributed by atoms with E-state index >= 15 is 0 Å². The Kier molecular flexibility index (Phi) is 11.5. The van der Waals surface area contributed by atoms with Gasteiger partial charge in [0.25, 0.3) is 0 Å². The fourth-order valence-electron chi connectivity index (χ4n) is 0.377. The molecule has 0 aromatic rings. The number of Topliss-reactive ketones (excluding diaryl/α,β-unsaturated/α-hetero) is 1. The van der Waals surface area contributed by atoms with Crippen LogP contribution in [-0.4, -0.2) is 32.0 Å². The first kappa shape index (κ1) is 13.7. The minimum atomic E-state index is -0.405.